The van der Waals surface area contributed by atoms with E-state index in [2.05, 4.69) is 24.5 Å². The normalized spacial score (nSPS) is 13.9. The maximum Gasteiger partial charge on any atom is 0.152 e. The van der Waals surface area contributed by atoms with Crippen LogP contribution >= 0.6 is 0 Å². The molecule has 2 heteroatoms. The summed E-state index contributed by atoms with van der Waals surface area (Å²) in [7, 11) is 0. The first-order valence-corrected chi connectivity index (χ1v) is 5.29. The second-order valence-corrected chi connectivity index (χ2v) is 3.66. The highest BCUT2D eigenvalue weighted by Crippen LogP contribution is 2.24. The van der Waals surface area contributed by atoms with Crippen molar-refractivity contribution in [3.63, 3.8) is 0 Å². The molecule has 0 bridgehead atoms. The number of benzene rings is 1. The summed E-state index contributed by atoms with van der Waals surface area (Å²) < 4.78 is 5.48. The minimum Gasteiger partial charge on any atom is -0.462 e. The Balaban J connectivity index is 2.07. The molecule has 62 valence electrons. The van der Waals surface area contributed by atoms with E-state index >= 15 is 0 Å². The molecule has 1 aliphatic rings. The Morgan fingerprint density at radius 2 is 1.92 bits per heavy atom. The molecule has 1 aromatic rings. The van der Waals surface area contributed by atoms with Crippen molar-refractivity contribution in [2.24, 2.45) is 0 Å². The third-order valence-electron chi connectivity index (χ3n) is 1.71. The predicted molar refractivity (Wildman–Crippen MR) is 52.7 cm³/mol. The standard InChI is InChI=1S/C10H10OS/c1-12-10-6-4-9(5-7-10)11-8-2-3-8/h2,4-7H,3H2,1H3/p+1. The molecule has 0 fully saturated rings. The summed E-state index contributed by atoms with van der Waals surface area (Å²) >= 11 is 1.30. The zero-order chi connectivity index (χ0) is 8.39. The number of thiol groups is 1. The third-order valence-corrected chi connectivity index (χ3v) is 2.53. The van der Waals surface area contributed by atoms with Gasteiger partial charge < -0.3 is 4.74 Å². The first kappa shape index (κ1) is 7.74. The summed E-state index contributed by atoms with van der Waals surface area (Å²) in [5.74, 6) is 2.04. The highest BCUT2D eigenvalue weighted by Gasteiger charge is 2.09. The van der Waals surface area contributed by atoms with Crippen LogP contribution in [0.3, 0.4) is 0 Å². The number of ether oxygens (including phenoxy) is 1. The van der Waals surface area contributed by atoms with Crippen LogP contribution in [0.5, 0.6) is 5.75 Å². The van der Waals surface area contributed by atoms with Crippen molar-refractivity contribution in [2.75, 3.05) is 6.26 Å². The van der Waals surface area contributed by atoms with Crippen molar-refractivity contribution in [2.45, 2.75) is 11.3 Å². The molecule has 0 heterocycles. The van der Waals surface area contributed by atoms with Crippen LogP contribution in [-0.4, -0.2) is 6.26 Å². The van der Waals surface area contributed by atoms with Crippen LogP contribution in [0.2, 0.25) is 0 Å². The molecule has 0 amide bonds. The molecule has 0 atom stereocenters. The minimum atomic E-state index is 0.950. The van der Waals surface area contributed by atoms with E-state index in [4.69, 9.17) is 4.74 Å². The van der Waals surface area contributed by atoms with Gasteiger partial charge in [0.25, 0.3) is 0 Å². The first-order chi connectivity index (χ1) is 5.88. The van der Waals surface area contributed by atoms with Crippen molar-refractivity contribution in [1.82, 2.24) is 0 Å². The summed E-state index contributed by atoms with van der Waals surface area (Å²) in [5, 5.41) is 0. The van der Waals surface area contributed by atoms with Gasteiger partial charge in [0, 0.05) is 18.2 Å². The Kier molecular flexibility index (Phi) is 2.09. The molecular weight excluding hydrogens is 168 g/mol. The van der Waals surface area contributed by atoms with Gasteiger partial charge in [-0.1, -0.05) is 0 Å². The van der Waals surface area contributed by atoms with E-state index in [1.165, 1.54) is 16.7 Å². The van der Waals surface area contributed by atoms with Gasteiger partial charge in [0.05, 0.1) is 0 Å². The molecule has 0 aromatic heterocycles. The third kappa shape index (κ3) is 1.83. The van der Waals surface area contributed by atoms with E-state index in [1.54, 1.807) is 0 Å². The van der Waals surface area contributed by atoms with E-state index in [-0.39, 0.29) is 0 Å². The molecule has 0 N–H and O–H groups in total. The lowest BCUT2D eigenvalue weighted by Crippen LogP contribution is -1.84. The van der Waals surface area contributed by atoms with Gasteiger partial charge in [0.15, 0.2) is 4.90 Å². The Morgan fingerprint density at radius 3 is 2.42 bits per heavy atom. The van der Waals surface area contributed by atoms with Crippen molar-refractivity contribution in [3.05, 3.63) is 36.1 Å². The highest BCUT2D eigenvalue weighted by molar-refractivity contribution is 7.77. The lowest BCUT2D eigenvalue weighted by atomic mass is 10.3. The van der Waals surface area contributed by atoms with Crippen molar-refractivity contribution in [3.8, 4) is 5.75 Å². The topological polar surface area (TPSA) is 9.23 Å². The number of hydrogen-bond donors (Lipinski definition) is 0. The maximum atomic E-state index is 5.48. The quantitative estimate of drug-likeness (QED) is 0.510. The van der Waals surface area contributed by atoms with E-state index in [9.17, 15) is 0 Å². The Morgan fingerprint density at radius 1 is 1.25 bits per heavy atom. The van der Waals surface area contributed by atoms with Crippen molar-refractivity contribution >= 4 is 11.8 Å². The number of rotatable bonds is 3. The average molecular weight is 179 g/mol. The van der Waals surface area contributed by atoms with Gasteiger partial charge in [-0.05, 0) is 30.3 Å². The van der Waals surface area contributed by atoms with Gasteiger partial charge in [0.2, 0.25) is 0 Å². The summed E-state index contributed by atoms with van der Waals surface area (Å²) in [4.78, 5) is 1.33. The summed E-state index contributed by atoms with van der Waals surface area (Å²) in [6.07, 6.45) is 5.22. The molecular formula is C10H11OS+. The second-order valence-electron chi connectivity index (χ2n) is 2.69. The van der Waals surface area contributed by atoms with Crippen molar-refractivity contribution in [1.29, 1.82) is 0 Å². The Hall–Kier alpha value is -0.890. The molecule has 0 aliphatic heterocycles. The van der Waals surface area contributed by atoms with Gasteiger partial charge in [0.1, 0.15) is 17.8 Å². The van der Waals surface area contributed by atoms with Crippen LogP contribution in [0.4, 0.5) is 0 Å². The van der Waals surface area contributed by atoms with Gasteiger partial charge in [-0.25, -0.2) is 0 Å². The molecule has 0 saturated carbocycles. The van der Waals surface area contributed by atoms with Crippen LogP contribution in [0, 0.1) is 0 Å². The molecule has 2 rings (SSSR count). The van der Waals surface area contributed by atoms with Crippen LogP contribution in [0.15, 0.2) is 41.0 Å². The summed E-state index contributed by atoms with van der Waals surface area (Å²) in [6, 6.07) is 8.23. The van der Waals surface area contributed by atoms with Crippen LogP contribution in [0.25, 0.3) is 0 Å². The molecule has 0 saturated heterocycles. The fraction of sp³-hybridized carbons (Fsp3) is 0.200. The Labute approximate surface area is 76.4 Å². The second kappa shape index (κ2) is 3.23. The van der Waals surface area contributed by atoms with Crippen LogP contribution < -0.4 is 4.74 Å². The van der Waals surface area contributed by atoms with Crippen LogP contribution in [-0.2, 0) is 11.8 Å². The molecule has 1 nitrogen and oxygen atoms in total. The highest BCUT2D eigenvalue weighted by atomic mass is 32.2. The predicted octanol–water partition coefficient (Wildman–Crippen LogP) is 2.16. The van der Waals surface area contributed by atoms with Gasteiger partial charge in [-0.3, -0.25) is 0 Å². The Bertz CT molecular complexity index is 300. The largest absolute Gasteiger partial charge is 0.462 e. The minimum absolute atomic E-state index is 0.950. The smallest absolute Gasteiger partial charge is 0.152 e. The molecule has 0 unspecified atom stereocenters. The van der Waals surface area contributed by atoms with Gasteiger partial charge in [-0.15, -0.1) is 0 Å². The summed E-state index contributed by atoms with van der Waals surface area (Å²) in [6.45, 7) is 0. The average Bonchev–Trinajstić information content (AvgIpc) is 2.90. The number of hydrogen-bond acceptors (Lipinski definition) is 1. The van der Waals surface area contributed by atoms with Gasteiger partial charge in [-0.2, -0.15) is 0 Å². The number of allylic oxidation sites excluding steroid dienone is 2. The zero-order valence-electron chi connectivity index (χ0n) is 6.95. The zero-order valence-corrected chi connectivity index (χ0v) is 7.84. The molecule has 0 spiro atoms. The fourth-order valence-corrected chi connectivity index (χ4v) is 1.39. The van der Waals surface area contributed by atoms with E-state index in [1.807, 2.05) is 12.1 Å². The van der Waals surface area contributed by atoms with Crippen LogP contribution in [0.1, 0.15) is 6.42 Å². The van der Waals surface area contributed by atoms with E-state index in [0.717, 1.165) is 17.9 Å². The SMILES string of the molecule is C[SH+]c1ccc(OC2=CC2)cc1. The molecule has 12 heavy (non-hydrogen) atoms. The fourth-order valence-electron chi connectivity index (χ4n) is 0.940. The molecule has 1 aliphatic carbocycles. The summed E-state index contributed by atoms with van der Waals surface area (Å²) in [5.41, 5.74) is 0. The maximum absolute atomic E-state index is 5.48. The van der Waals surface area contributed by atoms with Gasteiger partial charge >= 0.3 is 0 Å². The first-order valence-electron chi connectivity index (χ1n) is 3.95. The molecule has 0 radical (unpaired) electrons. The monoisotopic (exact) mass is 179 g/mol. The lowest BCUT2D eigenvalue weighted by Gasteiger charge is -1.99. The van der Waals surface area contributed by atoms with E-state index in [0.29, 0.717) is 0 Å². The molecule has 1 aromatic carbocycles. The lowest BCUT2D eigenvalue weighted by molar-refractivity contribution is 0.447. The van der Waals surface area contributed by atoms with E-state index < -0.39 is 0 Å². The van der Waals surface area contributed by atoms with Crippen molar-refractivity contribution < 1.29 is 4.74 Å².